The lowest BCUT2D eigenvalue weighted by Crippen LogP contribution is -2.23. The second kappa shape index (κ2) is 7.12. The van der Waals surface area contributed by atoms with Crippen molar-refractivity contribution in [1.29, 1.82) is 0 Å². The summed E-state index contributed by atoms with van der Waals surface area (Å²) >= 11 is 0. The average Bonchev–Trinajstić information content (AvgIpc) is 2.96. The number of pyridine rings is 1. The van der Waals surface area contributed by atoms with Crippen LogP contribution < -0.4 is 15.2 Å². The van der Waals surface area contributed by atoms with Crippen molar-refractivity contribution in [3.63, 3.8) is 0 Å². The number of nitrogens with two attached hydrogens (primary N) is 1. The monoisotopic (exact) mass is 367 g/mol. The van der Waals surface area contributed by atoms with Crippen molar-refractivity contribution in [2.24, 2.45) is 5.73 Å². The number of hydrogen-bond acceptors (Lipinski definition) is 6. The smallest absolute Gasteiger partial charge is 0.481 e. The number of alkyl halides is 3. The molecule has 138 valence electrons. The fourth-order valence-electron chi connectivity index (χ4n) is 2.52. The maximum Gasteiger partial charge on any atom is 0.573 e. The van der Waals surface area contributed by atoms with Crippen LogP contribution in [0.3, 0.4) is 0 Å². The quantitative estimate of drug-likeness (QED) is 0.875. The van der Waals surface area contributed by atoms with E-state index < -0.39 is 6.36 Å². The highest BCUT2D eigenvalue weighted by Crippen LogP contribution is 2.32. The first-order valence-corrected chi connectivity index (χ1v) is 7.60. The fraction of sp³-hybridized carbons (Fsp3) is 0.235. The fourth-order valence-corrected chi connectivity index (χ4v) is 2.52. The Bertz CT molecular complexity index is 777. The number of nitrogens with zero attached hydrogens (tertiary/aromatic N) is 2. The van der Waals surface area contributed by atoms with Gasteiger partial charge in [-0.25, -0.2) is 4.98 Å². The molecule has 0 aliphatic carbocycles. The van der Waals surface area contributed by atoms with Crippen LogP contribution in [0, 0.1) is 0 Å². The highest BCUT2D eigenvalue weighted by atomic mass is 19.4. The summed E-state index contributed by atoms with van der Waals surface area (Å²) < 4.78 is 45.6. The highest BCUT2D eigenvalue weighted by Gasteiger charge is 2.31. The average molecular weight is 367 g/mol. The molecule has 2 heterocycles. The first-order chi connectivity index (χ1) is 12.3. The molecule has 1 aromatic heterocycles. The van der Waals surface area contributed by atoms with Gasteiger partial charge in [-0.05, 0) is 23.3 Å². The Labute approximate surface area is 147 Å². The van der Waals surface area contributed by atoms with Crippen molar-refractivity contribution in [2.45, 2.75) is 18.9 Å². The van der Waals surface area contributed by atoms with E-state index in [4.69, 9.17) is 15.3 Å². The molecule has 0 bridgehead atoms. The van der Waals surface area contributed by atoms with Crippen molar-refractivity contribution in [3.8, 4) is 11.6 Å². The largest absolute Gasteiger partial charge is 0.573 e. The summed E-state index contributed by atoms with van der Waals surface area (Å²) in [6.45, 7) is 0.306. The van der Waals surface area contributed by atoms with Crippen molar-refractivity contribution in [2.75, 3.05) is 7.11 Å². The Balaban J connectivity index is 1.71. The minimum Gasteiger partial charge on any atom is -0.481 e. The summed E-state index contributed by atoms with van der Waals surface area (Å²) in [7, 11) is 1.52. The van der Waals surface area contributed by atoms with E-state index >= 15 is 0 Å². The van der Waals surface area contributed by atoms with E-state index in [0.29, 0.717) is 12.4 Å². The van der Waals surface area contributed by atoms with Crippen LogP contribution in [0.1, 0.15) is 17.2 Å². The Hall–Kier alpha value is -2.94. The summed E-state index contributed by atoms with van der Waals surface area (Å²) in [5.74, 6) is 0.441. The molecule has 0 saturated heterocycles. The number of halogens is 3. The molecule has 2 N–H and O–H groups in total. The van der Waals surface area contributed by atoms with Gasteiger partial charge in [0.2, 0.25) is 11.8 Å². The molecule has 0 amide bonds. The SMILES string of the molecule is COc1ccc(C2C=C(N)ON2Cc2ccc(OC(F)(F)F)cc2)cn1. The molecule has 2 aromatic rings. The number of hydroxylamine groups is 2. The third kappa shape index (κ3) is 4.37. The van der Waals surface area contributed by atoms with Gasteiger partial charge < -0.3 is 20.0 Å². The van der Waals surface area contributed by atoms with Crippen LogP contribution in [0.5, 0.6) is 11.6 Å². The van der Waals surface area contributed by atoms with Gasteiger partial charge >= 0.3 is 6.36 Å². The van der Waals surface area contributed by atoms with Gasteiger partial charge in [0.25, 0.3) is 0 Å². The zero-order valence-corrected chi connectivity index (χ0v) is 13.7. The predicted octanol–water partition coefficient (Wildman–Crippen LogP) is 3.28. The van der Waals surface area contributed by atoms with E-state index in [1.165, 1.54) is 31.4 Å². The van der Waals surface area contributed by atoms with Gasteiger partial charge in [0.15, 0.2) is 0 Å². The molecule has 0 radical (unpaired) electrons. The normalized spacial score (nSPS) is 17.5. The van der Waals surface area contributed by atoms with Crippen LogP contribution in [0.2, 0.25) is 0 Å². The van der Waals surface area contributed by atoms with Crippen molar-refractivity contribution < 1.29 is 27.5 Å². The van der Waals surface area contributed by atoms with E-state index in [2.05, 4.69) is 9.72 Å². The number of rotatable bonds is 5. The predicted molar refractivity (Wildman–Crippen MR) is 85.6 cm³/mol. The van der Waals surface area contributed by atoms with E-state index in [0.717, 1.165) is 11.1 Å². The lowest BCUT2D eigenvalue weighted by Gasteiger charge is -2.23. The van der Waals surface area contributed by atoms with E-state index in [1.807, 2.05) is 6.07 Å². The Kier molecular flexibility index (Phi) is 4.90. The zero-order chi connectivity index (χ0) is 18.7. The number of benzene rings is 1. The number of aromatic nitrogens is 1. The summed E-state index contributed by atoms with van der Waals surface area (Å²) in [4.78, 5) is 9.66. The number of methoxy groups -OCH3 is 1. The van der Waals surface area contributed by atoms with Crippen LogP contribution in [-0.4, -0.2) is 23.5 Å². The zero-order valence-electron chi connectivity index (χ0n) is 13.7. The molecule has 26 heavy (non-hydrogen) atoms. The summed E-state index contributed by atoms with van der Waals surface area (Å²) in [6.07, 6.45) is -1.34. The molecule has 0 spiro atoms. The van der Waals surface area contributed by atoms with Crippen LogP contribution in [-0.2, 0) is 11.4 Å². The molecule has 1 aliphatic heterocycles. The Morgan fingerprint density at radius 2 is 1.92 bits per heavy atom. The summed E-state index contributed by atoms with van der Waals surface area (Å²) in [5.41, 5.74) is 7.33. The maximum absolute atomic E-state index is 12.2. The van der Waals surface area contributed by atoms with Gasteiger partial charge in [0, 0.05) is 18.3 Å². The number of hydrogen-bond donors (Lipinski definition) is 1. The lowest BCUT2D eigenvalue weighted by molar-refractivity contribution is -0.274. The van der Waals surface area contributed by atoms with Gasteiger partial charge in [-0.3, -0.25) is 0 Å². The first-order valence-electron chi connectivity index (χ1n) is 7.60. The molecule has 0 saturated carbocycles. The van der Waals surface area contributed by atoms with Gasteiger partial charge in [0.05, 0.1) is 19.7 Å². The molecule has 1 unspecified atom stereocenters. The maximum atomic E-state index is 12.2. The minimum absolute atomic E-state index is 0.239. The number of ether oxygens (including phenoxy) is 2. The molecule has 9 heteroatoms. The molecule has 0 fully saturated rings. The molecular weight excluding hydrogens is 351 g/mol. The van der Waals surface area contributed by atoms with Gasteiger partial charge in [-0.1, -0.05) is 18.2 Å². The van der Waals surface area contributed by atoms with E-state index in [9.17, 15) is 13.2 Å². The van der Waals surface area contributed by atoms with Crippen molar-refractivity contribution >= 4 is 0 Å². The lowest BCUT2D eigenvalue weighted by atomic mass is 10.1. The van der Waals surface area contributed by atoms with E-state index in [-0.39, 0.29) is 17.7 Å². The van der Waals surface area contributed by atoms with Crippen LogP contribution >= 0.6 is 0 Å². The summed E-state index contributed by atoms with van der Waals surface area (Å²) in [6, 6.07) is 8.84. The minimum atomic E-state index is -4.72. The molecule has 1 atom stereocenters. The van der Waals surface area contributed by atoms with Crippen molar-refractivity contribution in [3.05, 3.63) is 65.7 Å². The molecular formula is C17H16F3N3O3. The second-order valence-electron chi connectivity index (χ2n) is 5.51. The third-order valence-corrected chi connectivity index (χ3v) is 3.66. The first kappa shape index (κ1) is 17.9. The molecule has 1 aromatic carbocycles. The van der Waals surface area contributed by atoms with Crippen LogP contribution in [0.4, 0.5) is 13.2 Å². The van der Waals surface area contributed by atoms with E-state index in [1.54, 1.807) is 23.4 Å². The second-order valence-corrected chi connectivity index (χ2v) is 5.51. The molecule has 1 aliphatic rings. The Morgan fingerprint density at radius 1 is 1.19 bits per heavy atom. The van der Waals surface area contributed by atoms with Gasteiger partial charge in [-0.2, -0.15) is 0 Å². The van der Waals surface area contributed by atoms with Crippen molar-refractivity contribution in [1.82, 2.24) is 10.0 Å². The van der Waals surface area contributed by atoms with Crippen LogP contribution in [0.25, 0.3) is 0 Å². The van der Waals surface area contributed by atoms with Crippen LogP contribution in [0.15, 0.2) is 54.6 Å². The highest BCUT2D eigenvalue weighted by molar-refractivity contribution is 5.29. The molecule has 6 nitrogen and oxygen atoms in total. The third-order valence-electron chi connectivity index (χ3n) is 3.66. The topological polar surface area (TPSA) is 69.8 Å². The summed E-state index contributed by atoms with van der Waals surface area (Å²) in [5, 5.41) is 1.61. The Morgan fingerprint density at radius 3 is 2.50 bits per heavy atom. The van der Waals surface area contributed by atoms with Gasteiger partial charge in [-0.15, -0.1) is 18.2 Å². The standard InChI is InChI=1S/C17H16F3N3O3/c1-24-16-7-4-12(9-22-16)14-8-15(21)26-23(14)10-11-2-5-13(6-3-11)25-17(18,19)20/h2-9,14H,10,21H2,1H3. The van der Waals surface area contributed by atoms with Gasteiger partial charge in [0.1, 0.15) is 5.75 Å². The molecule has 3 rings (SSSR count).